The molecule has 0 spiro atoms. The summed E-state index contributed by atoms with van der Waals surface area (Å²) in [6, 6.07) is 9.95. The molecule has 15 heavy (non-hydrogen) atoms. The minimum Gasteiger partial charge on any atom is -0.368 e. The lowest BCUT2D eigenvalue weighted by atomic mass is 9.88. The van der Waals surface area contributed by atoms with Gasteiger partial charge in [-0.05, 0) is 37.3 Å². The molecular formula is C13H18N2. The van der Waals surface area contributed by atoms with E-state index in [9.17, 15) is 0 Å². The Balaban J connectivity index is 1.93. The number of hydrogen-bond donors (Lipinski definition) is 1. The number of nitrogens with two attached hydrogens (primary N) is 1. The Hall–Kier alpha value is -1.02. The lowest BCUT2D eigenvalue weighted by Gasteiger charge is -2.44. The van der Waals surface area contributed by atoms with Crippen molar-refractivity contribution in [1.29, 1.82) is 0 Å². The molecule has 3 rings (SSSR count). The summed E-state index contributed by atoms with van der Waals surface area (Å²) < 4.78 is 0. The first-order valence-corrected chi connectivity index (χ1v) is 5.95. The zero-order chi connectivity index (χ0) is 10.3. The fourth-order valence-electron chi connectivity index (χ4n) is 3.00. The number of para-hydroxylation sites is 1. The monoisotopic (exact) mass is 202 g/mol. The highest BCUT2D eigenvalue weighted by molar-refractivity contribution is 5.56. The van der Waals surface area contributed by atoms with E-state index in [1.54, 1.807) is 0 Å². The molecule has 1 saturated heterocycles. The predicted octanol–water partition coefficient (Wildman–Crippen LogP) is 1.93. The molecule has 2 atom stereocenters. The molecule has 1 aromatic rings. The molecule has 2 nitrogen and oxygen atoms in total. The van der Waals surface area contributed by atoms with Crippen molar-refractivity contribution in [2.24, 2.45) is 5.73 Å². The van der Waals surface area contributed by atoms with Gasteiger partial charge >= 0.3 is 0 Å². The third-order valence-corrected chi connectivity index (χ3v) is 3.80. The van der Waals surface area contributed by atoms with E-state index in [1.807, 2.05) is 0 Å². The average Bonchev–Trinajstić information content (AvgIpc) is 2.28. The molecule has 80 valence electrons. The van der Waals surface area contributed by atoms with Gasteiger partial charge in [0.25, 0.3) is 0 Å². The van der Waals surface area contributed by atoms with Gasteiger partial charge < -0.3 is 10.6 Å². The molecule has 0 aliphatic carbocycles. The lowest BCUT2D eigenvalue weighted by Crippen LogP contribution is -2.49. The van der Waals surface area contributed by atoms with E-state index in [0.29, 0.717) is 12.1 Å². The number of nitrogens with zero attached hydrogens (tertiary/aromatic N) is 1. The number of aryl methyl sites for hydroxylation is 1. The van der Waals surface area contributed by atoms with Gasteiger partial charge in [0.2, 0.25) is 0 Å². The highest BCUT2D eigenvalue weighted by atomic mass is 15.2. The van der Waals surface area contributed by atoms with Gasteiger partial charge in [-0.15, -0.1) is 0 Å². The number of fused-ring (bicyclic) bond motifs is 3. The summed E-state index contributed by atoms with van der Waals surface area (Å²) in [6.07, 6.45) is 4.83. The van der Waals surface area contributed by atoms with Crippen molar-refractivity contribution in [1.82, 2.24) is 0 Å². The largest absolute Gasteiger partial charge is 0.368 e. The van der Waals surface area contributed by atoms with E-state index in [4.69, 9.17) is 5.73 Å². The van der Waals surface area contributed by atoms with Gasteiger partial charge in [-0.3, -0.25) is 0 Å². The fraction of sp³-hybridized carbons (Fsp3) is 0.538. The number of hydrogen-bond acceptors (Lipinski definition) is 2. The van der Waals surface area contributed by atoms with Gasteiger partial charge in [0.05, 0.1) is 0 Å². The summed E-state index contributed by atoms with van der Waals surface area (Å²) in [5.41, 5.74) is 9.01. The van der Waals surface area contributed by atoms with E-state index in [2.05, 4.69) is 29.2 Å². The molecule has 0 aromatic heterocycles. The van der Waals surface area contributed by atoms with E-state index < -0.39 is 0 Å². The molecule has 2 unspecified atom stereocenters. The summed E-state index contributed by atoms with van der Waals surface area (Å²) in [7, 11) is 0. The topological polar surface area (TPSA) is 29.3 Å². The molecule has 2 N–H and O–H groups in total. The minimum absolute atomic E-state index is 0.427. The summed E-state index contributed by atoms with van der Waals surface area (Å²) in [5, 5.41) is 0. The van der Waals surface area contributed by atoms with Crippen LogP contribution in [-0.2, 0) is 6.42 Å². The third kappa shape index (κ3) is 1.53. The van der Waals surface area contributed by atoms with Crippen LogP contribution in [0.4, 0.5) is 5.69 Å². The zero-order valence-electron chi connectivity index (χ0n) is 9.02. The maximum Gasteiger partial charge on any atom is 0.0401 e. The second kappa shape index (κ2) is 3.53. The van der Waals surface area contributed by atoms with Gasteiger partial charge in [0.15, 0.2) is 0 Å². The maximum atomic E-state index is 6.04. The summed E-state index contributed by atoms with van der Waals surface area (Å²) in [5.74, 6) is 0. The SMILES string of the molecule is NC1CCN2c3ccccc3CCC2C1. The fourth-order valence-corrected chi connectivity index (χ4v) is 3.00. The van der Waals surface area contributed by atoms with Crippen molar-refractivity contribution >= 4 is 5.69 Å². The zero-order valence-corrected chi connectivity index (χ0v) is 9.02. The molecule has 0 amide bonds. The van der Waals surface area contributed by atoms with Crippen molar-refractivity contribution in [3.05, 3.63) is 29.8 Å². The van der Waals surface area contributed by atoms with Crippen LogP contribution in [0.25, 0.3) is 0 Å². The molecule has 1 fully saturated rings. The second-order valence-corrected chi connectivity index (χ2v) is 4.80. The molecule has 2 heterocycles. The van der Waals surface area contributed by atoms with Crippen molar-refractivity contribution in [2.75, 3.05) is 11.4 Å². The van der Waals surface area contributed by atoms with Crippen LogP contribution in [0.15, 0.2) is 24.3 Å². The first-order chi connectivity index (χ1) is 7.34. The Morgan fingerprint density at radius 1 is 1.20 bits per heavy atom. The van der Waals surface area contributed by atoms with Crippen molar-refractivity contribution in [3.8, 4) is 0 Å². The van der Waals surface area contributed by atoms with Crippen LogP contribution < -0.4 is 10.6 Å². The molecule has 2 heteroatoms. The Bertz CT molecular complexity index is 361. The minimum atomic E-state index is 0.427. The molecular weight excluding hydrogens is 184 g/mol. The quantitative estimate of drug-likeness (QED) is 0.696. The van der Waals surface area contributed by atoms with Gasteiger partial charge in [0.1, 0.15) is 0 Å². The van der Waals surface area contributed by atoms with E-state index >= 15 is 0 Å². The average molecular weight is 202 g/mol. The molecule has 2 aliphatic heterocycles. The van der Waals surface area contributed by atoms with Crippen LogP contribution in [-0.4, -0.2) is 18.6 Å². The van der Waals surface area contributed by atoms with E-state index in [0.717, 1.165) is 13.0 Å². The van der Waals surface area contributed by atoms with Gasteiger partial charge in [-0.1, -0.05) is 18.2 Å². The molecule has 2 aliphatic rings. The molecule has 0 saturated carbocycles. The highest BCUT2D eigenvalue weighted by Crippen LogP contribution is 2.34. The maximum absolute atomic E-state index is 6.04. The first kappa shape index (κ1) is 9.22. The molecule has 1 aromatic carbocycles. The van der Waals surface area contributed by atoms with Gasteiger partial charge in [0, 0.05) is 24.3 Å². The number of benzene rings is 1. The Labute approximate surface area is 91.1 Å². The number of piperidine rings is 1. The third-order valence-electron chi connectivity index (χ3n) is 3.80. The molecule has 0 radical (unpaired) electrons. The van der Waals surface area contributed by atoms with Crippen molar-refractivity contribution < 1.29 is 0 Å². The number of anilines is 1. The van der Waals surface area contributed by atoms with E-state index in [-0.39, 0.29) is 0 Å². The number of rotatable bonds is 0. The summed E-state index contributed by atoms with van der Waals surface area (Å²) in [4.78, 5) is 2.57. The van der Waals surface area contributed by atoms with Crippen LogP contribution >= 0.6 is 0 Å². The second-order valence-electron chi connectivity index (χ2n) is 4.80. The Kier molecular flexibility index (Phi) is 2.17. The molecule has 0 bridgehead atoms. The Morgan fingerprint density at radius 2 is 2.07 bits per heavy atom. The van der Waals surface area contributed by atoms with Crippen molar-refractivity contribution in [3.63, 3.8) is 0 Å². The Morgan fingerprint density at radius 3 is 3.00 bits per heavy atom. The normalized spacial score (nSPS) is 29.5. The summed E-state index contributed by atoms with van der Waals surface area (Å²) >= 11 is 0. The predicted molar refractivity (Wildman–Crippen MR) is 63.1 cm³/mol. The lowest BCUT2D eigenvalue weighted by molar-refractivity contribution is 0.384. The van der Waals surface area contributed by atoms with Crippen LogP contribution in [0.5, 0.6) is 0 Å². The standard InChI is InChI=1S/C13H18N2/c14-11-7-8-15-12(9-11)6-5-10-3-1-2-4-13(10)15/h1-4,11-12H,5-9,14H2. The smallest absolute Gasteiger partial charge is 0.0401 e. The van der Waals surface area contributed by atoms with Gasteiger partial charge in [-0.2, -0.15) is 0 Å². The van der Waals surface area contributed by atoms with Crippen LogP contribution in [0.3, 0.4) is 0 Å². The van der Waals surface area contributed by atoms with Gasteiger partial charge in [-0.25, -0.2) is 0 Å². The highest BCUT2D eigenvalue weighted by Gasteiger charge is 2.30. The summed E-state index contributed by atoms with van der Waals surface area (Å²) in [6.45, 7) is 1.14. The van der Waals surface area contributed by atoms with E-state index in [1.165, 1.54) is 30.5 Å². The van der Waals surface area contributed by atoms with Crippen molar-refractivity contribution in [2.45, 2.75) is 37.8 Å². The first-order valence-electron chi connectivity index (χ1n) is 5.95. The van der Waals surface area contributed by atoms with Crippen LogP contribution in [0, 0.1) is 0 Å². The van der Waals surface area contributed by atoms with Crippen LogP contribution in [0.2, 0.25) is 0 Å². The van der Waals surface area contributed by atoms with Crippen LogP contribution in [0.1, 0.15) is 24.8 Å².